The number of nitrogens with zero attached hydrogens (tertiary/aromatic N) is 2. The van der Waals surface area contributed by atoms with Gasteiger partial charge in [0.05, 0.1) is 21.8 Å². The molecule has 1 aliphatic heterocycles. The Morgan fingerprint density at radius 2 is 1.78 bits per heavy atom. The van der Waals surface area contributed by atoms with Crippen LogP contribution in [0.2, 0.25) is 15.1 Å². The molecule has 7 heteroatoms. The summed E-state index contributed by atoms with van der Waals surface area (Å²) >= 11 is 23.2. The fourth-order valence-corrected chi connectivity index (χ4v) is 3.10. The Morgan fingerprint density at radius 3 is 2.39 bits per heavy atom. The number of hydrazone groups is 1. The van der Waals surface area contributed by atoms with E-state index in [4.69, 9.17) is 52.8 Å². The predicted molar refractivity (Wildman–Crippen MR) is 100 cm³/mol. The first kappa shape index (κ1) is 16.5. The van der Waals surface area contributed by atoms with Gasteiger partial charge < -0.3 is 5.73 Å². The molecule has 23 heavy (non-hydrogen) atoms. The lowest BCUT2D eigenvalue weighted by Gasteiger charge is -2.21. The second-order valence-electron chi connectivity index (χ2n) is 5.13. The van der Waals surface area contributed by atoms with Gasteiger partial charge in [-0.15, -0.1) is 0 Å². The van der Waals surface area contributed by atoms with Crippen LogP contribution in [0.1, 0.15) is 23.6 Å². The van der Waals surface area contributed by atoms with E-state index in [-0.39, 0.29) is 11.2 Å². The maximum atomic E-state index is 6.10. The quantitative estimate of drug-likeness (QED) is 0.737. The molecule has 2 N–H and O–H groups in total. The fraction of sp³-hybridized carbons (Fsp3) is 0.125. The number of rotatable bonds is 2. The number of nitrogens with two attached hydrogens (primary N) is 1. The average molecular weight is 385 g/mol. The van der Waals surface area contributed by atoms with E-state index in [0.29, 0.717) is 21.5 Å². The number of thiocarbonyl (C=S) groups is 1. The highest BCUT2D eigenvalue weighted by atomic mass is 35.5. The molecule has 2 aromatic rings. The zero-order valence-electron chi connectivity index (χ0n) is 11.8. The van der Waals surface area contributed by atoms with Crippen LogP contribution in [0.5, 0.6) is 0 Å². The van der Waals surface area contributed by atoms with Crippen molar-refractivity contribution in [1.29, 1.82) is 0 Å². The summed E-state index contributed by atoms with van der Waals surface area (Å²) < 4.78 is 0. The molecule has 0 aliphatic carbocycles. The molecule has 3 rings (SSSR count). The molecule has 2 aromatic carbocycles. The topological polar surface area (TPSA) is 41.6 Å². The minimum atomic E-state index is -0.0609. The molecule has 0 radical (unpaired) electrons. The summed E-state index contributed by atoms with van der Waals surface area (Å²) in [5, 5.41) is 8.11. The van der Waals surface area contributed by atoms with Gasteiger partial charge in [-0.05, 0) is 47.6 Å². The summed E-state index contributed by atoms with van der Waals surface area (Å²) in [5.41, 5.74) is 8.63. The second-order valence-corrected chi connectivity index (χ2v) is 6.80. The van der Waals surface area contributed by atoms with Crippen LogP contribution >= 0.6 is 47.0 Å². The summed E-state index contributed by atoms with van der Waals surface area (Å²) in [7, 11) is 0. The van der Waals surface area contributed by atoms with Gasteiger partial charge in [-0.25, -0.2) is 5.01 Å². The first-order chi connectivity index (χ1) is 11.0. The number of halogens is 3. The van der Waals surface area contributed by atoms with Crippen LogP contribution in [0.15, 0.2) is 47.6 Å². The van der Waals surface area contributed by atoms with E-state index in [1.165, 1.54) is 0 Å². The van der Waals surface area contributed by atoms with Gasteiger partial charge >= 0.3 is 0 Å². The third-order valence-corrected chi connectivity index (χ3v) is 4.82. The summed E-state index contributed by atoms with van der Waals surface area (Å²) in [5.74, 6) is 0. The Kier molecular flexibility index (Phi) is 4.78. The average Bonchev–Trinajstić information content (AvgIpc) is 2.96. The van der Waals surface area contributed by atoms with E-state index >= 15 is 0 Å². The molecular formula is C16H12Cl3N3S. The van der Waals surface area contributed by atoms with Crippen molar-refractivity contribution in [2.24, 2.45) is 10.8 Å². The summed E-state index contributed by atoms with van der Waals surface area (Å²) in [4.78, 5) is 0. The molecule has 1 atom stereocenters. The van der Waals surface area contributed by atoms with Crippen LogP contribution in [0.25, 0.3) is 0 Å². The van der Waals surface area contributed by atoms with Gasteiger partial charge in [-0.2, -0.15) is 5.10 Å². The normalized spacial score (nSPS) is 17.3. The summed E-state index contributed by atoms with van der Waals surface area (Å²) in [6.07, 6.45) is 0.664. The first-order valence-electron chi connectivity index (χ1n) is 6.83. The summed E-state index contributed by atoms with van der Waals surface area (Å²) in [6.45, 7) is 0. The van der Waals surface area contributed by atoms with Gasteiger partial charge in [0.2, 0.25) is 0 Å². The van der Waals surface area contributed by atoms with Crippen LogP contribution in [0, 0.1) is 0 Å². The van der Waals surface area contributed by atoms with Crippen LogP contribution in [0.4, 0.5) is 0 Å². The molecule has 0 bridgehead atoms. The minimum Gasteiger partial charge on any atom is -0.375 e. The van der Waals surface area contributed by atoms with E-state index < -0.39 is 0 Å². The van der Waals surface area contributed by atoms with Crippen LogP contribution in [0.3, 0.4) is 0 Å². The highest BCUT2D eigenvalue weighted by Crippen LogP contribution is 2.34. The van der Waals surface area contributed by atoms with Crippen LogP contribution < -0.4 is 5.73 Å². The Labute approximate surface area is 154 Å². The molecule has 0 aromatic heterocycles. The largest absolute Gasteiger partial charge is 0.375 e. The Morgan fingerprint density at radius 1 is 1.09 bits per heavy atom. The molecular weight excluding hydrogens is 373 g/mol. The van der Waals surface area contributed by atoms with Crippen molar-refractivity contribution in [1.82, 2.24) is 5.01 Å². The SMILES string of the molecule is NC(=S)N1N=C(c2ccc(Cl)c(Cl)c2)CC1c1ccc(Cl)cc1. The maximum Gasteiger partial charge on any atom is 0.187 e. The lowest BCUT2D eigenvalue weighted by molar-refractivity contribution is 0.373. The smallest absolute Gasteiger partial charge is 0.187 e. The number of hydrogen-bond acceptors (Lipinski definition) is 2. The Hall–Kier alpha value is -1.33. The second kappa shape index (κ2) is 6.65. The van der Waals surface area contributed by atoms with Crippen molar-refractivity contribution in [2.75, 3.05) is 0 Å². The van der Waals surface area contributed by atoms with Crippen LogP contribution in [-0.2, 0) is 0 Å². The van der Waals surface area contributed by atoms with Crippen molar-refractivity contribution in [3.05, 3.63) is 68.7 Å². The van der Waals surface area contributed by atoms with Gasteiger partial charge in [0, 0.05) is 11.4 Å². The molecule has 1 aliphatic rings. The van der Waals surface area contributed by atoms with Gasteiger partial charge in [0.15, 0.2) is 5.11 Å². The van der Waals surface area contributed by atoms with Gasteiger partial charge in [-0.1, -0.05) is 53.0 Å². The highest BCUT2D eigenvalue weighted by molar-refractivity contribution is 7.80. The fourth-order valence-electron chi connectivity index (χ4n) is 2.51. The number of benzene rings is 2. The molecule has 118 valence electrons. The third kappa shape index (κ3) is 3.45. The zero-order chi connectivity index (χ0) is 16.6. The Balaban J connectivity index is 1.95. The first-order valence-corrected chi connectivity index (χ1v) is 8.37. The molecule has 0 amide bonds. The lowest BCUT2D eigenvalue weighted by atomic mass is 9.98. The minimum absolute atomic E-state index is 0.0609. The maximum absolute atomic E-state index is 6.10. The molecule has 0 saturated heterocycles. The molecule has 0 fully saturated rings. The third-order valence-electron chi connectivity index (χ3n) is 3.64. The van der Waals surface area contributed by atoms with E-state index in [9.17, 15) is 0 Å². The summed E-state index contributed by atoms with van der Waals surface area (Å²) in [6, 6.07) is 12.9. The van der Waals surface area contributed by atoms with Gasteiger partial charge in [0.1, 0.15) is 0 Å². The molecule has 1 heterocycles. The van der Waals surface area contributed by atoms with Crippen molar-refractivity contribution in [3.8, 4) is 0 Å². The standard InChI is InChI=1S/C16H12Cl3N3S/c17-11-4-1-9(2-5-11)15-8-14(21-22(15)16(20)23)10-3-6-12(18)13(19)7-10/h1-7,15H,8H2,(H2,20,23). The van der Waals surface area contributed by atoms with Crippen molar-refractivity contribution >= 4 is 57.8 Å². The van der Waals surface area contributed by atoms with Crippen molar-refractivity contribution in [3.63, 3.8) is 0 Å². The van der Waals surface area contributed by atoms with Crippen molar-refractivity contribution in [2.45, 2.75) is 12.5 Å². The van der Waals surface area contributed by atoms with Crippen molar-refractivity contribution < 1.29 is 0 Å². The van der Waals surface area contributed by atoms with E-state index in [2.05, 4.69) is 5.10 Å². The van der Waals surface area contributed by atoms with Crippen LogP contribution in [-0.4, -0.2) is 15.8 Å². The van der Waals surface area contributed by atoms with Gasteiger partial charge in [0.25, 0.3) is 0 Å². The van der Waals surface area contributed by atoms with E-state index in [1.807, 2.05) is 30.3 Å². The van der Waals surface area contributed by atoms with E-state index in [1.54, 1.807) is 17.1 Å². The number of hydrogen-bond donors (Lipinski definition) is 1. The molecule has 1 unspecified atom stereocenters. The Bertz CT molecular complexity index is 790. The molecule has 3 nitrogen and oxygen atoms in total. The molecule has 0 saturated carbocycles. The van der Waals surface area contributed by atoms with Gasteiger partial charge in [-0.3, -0.25) is 0 Å². The highest BCUT2D eigenvalue weighted by Gasteiger charge is 2.30. The lowest BCUT2D eigenvalue weighted by Crippen LogP contribution is -2.31. The van der Waals surface area contributed by atoms with E-state index in [0.717, 1.165) is 16.8 Å². The monoisotopic (exact) mass is 383 g/mol. The molecule has 0 spiro atoms. The zero-order valence-corrected chi connectivity index (χ0v) is 14.9. The predicted octanol–water partition coefficient (Wildman–Crippen LogP) is 5.04.